The molecule has 0 unspecified atom stereocenters. The first-order valence-corrected chi connectivity index (χ1v) is 9.23. The molecule has 4 rings (SSSR count). The molecule has 0 radical (unpaired) electrons. The fourth-order valence-corrected chi connectivity index (χ4v) is 3.30. The smallest absolute Gasteiger partial charge is 0.247 e. The molecule has 2 aromatic heterocycles. The van der Waals surface area contributed by atoms with Gasteiger partial charge in [-0.25, -0.2) is 4.98 Å². The van der Waals surface area contributed by atoms with Crippen LogP contribution < -0.4 is 5.32 Å². The van der Waals surface area contributed by atoms with E-state index in [2.05, 4.69) is 20.5 Å². The quantitative estimate of drug-likeness (QED) is 0.560. The van der Waals surface area contributed by atoms with E-state index in [1.165, 1.54) is 6.39 Å². The van der Waals surface area contributed by atoms with Crippen LogP contribution in [-0.2, 0) is 11.2 Å². The number of aryl methyl sites for hydroxylation is 1. The number of aromatic nitrogens is 3. The van der Waals surface area contributed by atoms with Gasteiger partial charge in [0.1, 0.15) is 0 Å². The third-order valence-corrected chi connectivity index (χ3v) is 4.78. The number of carbonyl (C=O) groups is 1. The zero-order chi connectivity index (χ0) is 18.6. The van der Waals surface area contributed by atoms with E-state index in [0.29, 0.717) is 12.3 Å². The minimum absolute atomic E-state index is 0.0715. The zero-order valence-electron chi connectivity index (χ0n) is 14.5. The molecule has 2 heterocycles. The first kappa shape index (κ1) is 17.1. The van der Waals surface area contributed by atoms with Gasteiger partial charge < -0.3 is 9.73 Å². The number of nitrogens with one attached hydrogen (secondary N) is 1. The second-order valence-corrected chi connectivity index (χ2v) is 7.06. The van der Waals surface area contributed by atoms with E-state index >= 15 is 0 Å². The van der Waals surface area contributed by atoms with Gasteiger partial charge in [0.25, 0.3) is 0 Å². The largest absolute Gasteiger partial charge is 0.423 e. The Morgan fingerprint density at radius 3 is 2.44 bits per heavy atom. The Kier molecular flexibility index (Phi) is 4.76. The van der Waals surface area contributed by atoms with Crippen molar-refractivity contribution < 1.29 is 9.21 Å². The van der Waals surface area contributed by atoms with Gasteiger partial charge in [-0.05, 0) is 36.8 Å². The molecule has 0 aliphatic carbocycles. The van der Waals surface area contributed by atoms with Crippen LogP contribution in [0.1, 0.15) is 10.6 Å². The molecule has 1 N–H and O–H groups in total. The van der Waals surface area contributed by atoms with Crippen LogP contribution in [0.4, 0.5) is 5.69 Å². The summed E-state index contributed by atoms with van der Waals surface area (Å²) in [6.07, 6.45) is 1.59. The Morgan fingerprint density at radius 1 is 1.07 bits per heavy atom. The summed E-state index contributed by atoms with van der Waals surface area (Å²) in [7, 11) is 0. The van der Waals surface area contributed by atoms with Crippen LogP contribution >= 0.6 is 11.3 Å². The summed E-state index contributed by atoms with van der Waals surface area (Å²) >= 11 is 1.63. The summed E-state index contributed by atoms with van der Waals surface area (Å²) < 4.78 is 5.15. The van der Waals surface area contributed by atoms with E-state index in [1.807, 2.05) is 60.8 Å². The molecule has 4 aromatic rings. The number of rotatable bonds is 5. The van der Waals surface area contributed by atoms with Crippen LogP contribution in [-0.4, -0.2) is 21.1 Å². The predicted molar refractivity (Wildman–Crippen MR) is 104 cm³/mol. The molecule has 0 aliphatic rings. The summed E-state index contributed by atoms with van der Waals surface area (Å²) in [4.78, 5) is 16.8. The van der Waals surface area contributed by atoms with Crippen molar-refractivity contribution in [2.24, 2.45) is 0 Å². The van der Waals surface area contributed by atoms with Crippen molar-refractivity contribution in [1.82, 2.24) is 15.2 Å². The number of hydrogen-bond acceptors (Lipinski definition) is 6. The van der Waals surface area contributed by atoms with Gasteiger partial charge in [0.15, 0.2) is 0 Å². The van der Waals surface area contributed by atoms with Crippen LogP contribution in [0.15, 0.2) is 64.7 Å². The van der Waals surface area contributed by atoms with Crippen LogP contribution in [0.5, 0.6) is 0 Å². The van der Waals surface area contributed by atoms with Gasteiger partial charge in [0, 0.05) is 22.2 Å². The van der Waals surface area contributed by atoms with Crippen molar-refractivity contribution in [2.75, 3.05) is 5.32 Å². The highest BCUT2D eigenvalue weighted by molar-refractivity contribution is 7.09. The average Bonchev–Trinajstić information content (AvgIpc) is 3.35. The van der Waals surface area contributed by atoms with Crippen LogP contribution in [0.3, 0.4) is 0 Å². The summed E-state index contributed by atoms with van der Waals surface area (Å²) in [6.45, 7) is 1.99. The number of benzene rings is 2. The predicted octanol–water partition coefficient (Wildman–Crippen LogP) is 4.35. The monoisotopic (exact) mass is 376 g/mol. The minimum Gasteiger partial charge on any atom is -0.423 e. The lowest BCUT2D eigenvalue weighted by atomic mass is 10.1. The molecule has 0 aliphatic heterocycles. The zero-order valence-corrected chi connectivity index (χ0v) is 15.4. The molecule has 1 amide bonds. The number of anilines is 1. The lowest BCUT2D eigenvalue weighted by Crippen LogP contribution is -2.14. The molecule has 6 nitrogen and oxygen atoms in total. The summed E-state index contributed by atoms with van der Waals surface area (Å²) in [5, 5.41) is 13.5. The van der Waals surface area contributed by atoms with Gasteiger partial charge in [-0.1, -0.05) is 24.3 Å². The van der Waals surface area contributed by atoms with Crippen molar-refractivity contribution in [1.29, 1.82) is 0 Å². The van der Waals surface area contributed by atoms with Crippen LogP contribution in [0.2, 0.25) is 0 Å². The summed E-state index contributed by atoms with van der Waals surface area (Å²) in [5.41, 5.74) is 4.50. The van der Waals surface area contributed by atoms with Gasteiger partial charge in [0.2, 0.25) is 18.2 Å². The Balaban J connectivity index is 1.37. The molecular formula is C20H16N4O2S. The molecule has 0 atom stereocenters. The Bertz CT molecular complexity index is 1040. The molecule has 0 bridgehead atoms. The SMILES string of the molecule is Cc1nc(-c2ccc(CC(=O)Nc3ccc(-c4nnco4)cc3)cc2)cs1. The van der Waals surface area contributed by atoms with Crippen molar-refractivity contribution in [3.8, 4) is 22.7 Å². The van der Waals surface area contributed by atoms with Crippen molar-refractivity contribution in [3.63, 3.8) is 0 Å². The third-order valence-electron chi connectivity index (χ3n) is 4.01. The van der Waals surface area contributed by atoms with E-state index in [-0.39, 0.29) is 5.91 Å². The van der Waals surface area contributed by atoms with Crippen molar-refractivity contribution in [3.05, 3.63) is 70.9 Å². The van der Waals surface area contributed by atoms with Gasteiger partial charge in [-0.2, -0.15) is 0 Å². The maximum Gasteiger partial charge on any atom is 0.247 e. The van der Waals surface area contributed by atoms with E-state index in [0.717, 1.165) is 33.1 Å². The van der Waals surface area contributed by atoms with E-state index < -0.39 is 0 Å². The van der Waals surface area contributed by atoms with Gasteiger partial charge in [0.05, 0.1) is 17.1 Å². The number of carbonyl (C=O) groups excluding carboxylic acids is 1. The molecule has 7 heteroatoms. The normalized spacial score (nSPS) is 10.7. The lowest BCUT2D eigenvalue weighted by Gasteiger charge is -2.06. The van der Waals surface area contributed by atoms with E-state index in [1.54, 1.807) is 11.3 Å². The Labute approximate surface area is 159 Å². The van der Waals surface area contributed by atoms with Gasteiger partial charge >= 0.3 is 0 Å². The fourth-order valence-electron chi connectivity index (χ4n) is 2.67. The second kappa shape index (κ2) is 7.51. The molecular weight excluding hydrogens is 360 g/mol. The molecule has 0 saturated carbocycles. The highest BCUT2D eigenvalue weighted by atomic mass is 32.1. The molecule has 27 heavy (non-hydrogen) atoms. The number of nitrogens with zero attached hydrogens (tertiary/aromatic N) is 3. The first-order valence-electron chi connectivity index (χ1n) is 8.35. The standard InChI is InChI=1S/C20H16N4O2S/c1-13-22-18(11-27-13)15-4-2-14(3-5-15)10-19(25)23-17-8-6-16(7-9-17)20-24-21-12-26-20/h2-9,11-12H,10H2,1H3,(H,23,25). The van der Waals surface area contributed by atoms with Crippen molar-refractivity contribution >= 4 is 22.9 Å². The van der Waals surface area contributed by atoms with Gasteiger partial charge in [-0.3, -0.25) is 4.79 Å². The number of thiazole rings is 1. The second-order valence-electron chi connectivity index (χ2n) is 5.99. The molecule has 0 saturated heterocycles. The van der Waals surface area contributed by atoms with Crippen LogP contribution in [0.25, 0.3) is 22.7 Å². The maximum absolute atomic E-state index is 12.3. The van der Waals surface area contributed by atoms with Gasteiger partial charge in [-0.15, -0.1) is 21.5 Å². The lowest BCUT2D eigenvalue weighted by molar-refractivity contribution is -0.115. The summed E-state index contributed by atoms with van der Waals surface area (Å²) in [6, 6.07) is 15.2. The highest BCUT2D eigenvalue weighted by Crippen LogP contribution is 2.22. The molecule has 134 valence electrons. The first-order chi connectivity index (χ1) is 13.2. The Hall–Kier alpha value is -3.32. The topological polar surface area (TPSA) is 80.9 Å². The Morgan fingerprint density at radius 2 is 1.81 bits per heavy atom. The number of hydrogen-bond donors (Lipinski definition) is 1. The van der Waals surface area contributed by atoms with E-state index in [4.69, 9.17) is 4.42 Å². The van der Waals surface area contributed by atoms with Crippen molar-refractivity contribution in [2.45, 2.75) is 13.3 Å². The summed E-state index contributed by atoms with van der Waals surface area (Å²) in [5.74, 6) is 0.376. The molecule has 0 fully saturated rings. The third kappa shape index (κ3) is 4.09. The fraction of sp³-hybridized carbons (Fsp3) is 0.100. The maximum atomic E-state index is 12.3. The molecule has 2 aromatic carbocycles. The number of amides is 1. The minimum atomic E-state index is -0.0715. The van der Waals surface area contributed by atoms with E-state index in [9.17, 15) is 4.79 Å². The average molecular weight is 376 g/mol. The molecule has 0 spiro atoms. The van der Waals surface area contributed by atoms with Crippen LogP contribution in [0, 0.1) is 6.92 Å². The highest BCUT2D eigenvalue weighted by Gasteiger charge is 2.08.